The predicted molar refractivity (Wildman–Crippen MR) is 107 cm³/mol. The average Bonchev–Trinajstić information content (AvgIpc) is 3.20. The molecule has 1 aliphatic rings. The molecule has 0 unspecified atom stereocenters. The number of nitrogens with one attached hydrogen (secondary N) is 2. The number of halogens is 1. The minimum absolute atomic E-state index is 0.335. The lowest BCUT2D eigenvalue weighted by atomic mass is 9.93. The Morgan fingerprint density at radius 1 is 1.33 bits per heavy atom. The minimum Gasteiger partial charge on any atom is -0.323 e. The van der Waals surface area contributed by atoms with E-state index in [1.807, 2.05) is 43.5 Å². The normalized spacial score (nSPS) is 15.7. The van der Waals surface area contributed by atoms with Crippen LogP contribution >= 0.6 is 27.3 Å². The summed E-state index contributed by atoms with van der Waals surface area (Å²) in [6.45, 7) is 3.34. The lowest BCUT2D eigenvalue weighted by Crippen LogP contribution is -2.46. The Hall–Kier alpha value is -2.26. The fourth-order valence-electron chi connectivity index (χ4n) is 2.96. The largest absolute Gasteiger partial charge is 0.325 e. The number of nitrogens with zero attached hydrogens (tertiary/aromatic N) is 2. The molecule has 142 valence electrons. The maximum atomic E-state index is 12.6. The van der Waals surface area contributed by atoms with Crippen LogP contribution in [0.2, 0.25) is 0 Å². The van der Waals surface area contributed by atoms with Crippen LogP contribution in [0.5, 0.6) is 0 Å². The van der Waals surface area contributed by atoms with Crippen LogP contribution in [0, 0.1) is 0 Å². The van der Waals surface area contributed by atoms with Crippen molar-refractivity contribution in [3.63, 3.8) is 0 Å². The summed E-state index contributed by atoms with van der Waals surface area (Å²) in [5.41, 5.74) is 0.750. The first kappa shape index (κ1) is 19.5. The molecule has 1 aromatic carbocycles. The van der Waals surface area contributed by atoms with Crippen molar-refractivity contribution >= 4 is 50.2 Å². The molecule has 1 aromatic heterocycles. The van der Waals surface area contributed by atoms with Gasteiger partial charge in [0.15, 0.2) is 5.13 Å². The van der Waals surface area contributed by atoms with Crippen LogP contribution in [0.1, 0.15) is 26.7 Å². The summed E-state index contributed by atoms with van der Waals surface area (Å²) in [5.74, 6) is -0.821. The van der Waals surface area contributed by atoms with Gasteiger partial charge in [-0.1, -0.05) is 41.9 Å². The van der Waals surface area contributed by atoms with Gasteiger partial charge in [0.05, 0.1) is 5.69 Å². The van der Waals surface area contributed by atoms with Gasteiger partial charge >= 0.3 is 6.03 Å². The Balaban J connectivity index is 1.67. The van der Waals surface area contributed by atoms with E-state index < -0.39 is 17.5 Å². The number of carbonyl (C=O) groups excluding carboxylic acids is 3. The van der Waals surface area contributed by atoms with Crippen molar-refractivity contribution in [1.29, 1.82) is 0 Å². The third-order valence-corrected chi connectivity index (χ3v) is 5.88. The van der Waals surface area contributed by atoms with Gasteiger partial charge in [0.1, 0.15) is 12.1 Å². The zero-order chi connectivity index (χ0) is 19.6. The molecule has 0 bridgehead atoms. The second kappa shape index (κ2) is 7.77. The summed E-state index contributed by atoms with van der Waals surface area (Å²) < 4.78 is 0.937. The quantitative estimate of drug-likeness (QED) is 0.657. The van der Waals surface area contributed by atoms with E-state index in [1.165, 1.54) is 11.3 Å². The number of rotatable bonds is 6. The number of thiazole rings is 1. The van der Waals surface area contributed by atoms with Crippen molar-refractivity contribution in [2.45, 2.75) is 32.2 Å². The molecule has 0 radical (unpaired) electrons. The van der Waals surface area contributed by atoms with Crippen LogP contribution < -0.4 is 10.6 Å². The van der Waals surface area contributed by atoms with Gasteiger partial charge in [-0.05, 0) is 25.0 Å². The number of hydrogen-bond acceptors (Lipinski definition) is 5. The van der Waals surface area contributed by atoms with E-state index in [4.69, 9.17) is 0 Å². The Morgan fingerprint density at radius 2 is 2.07 bits per heavy atom. The number of imide groups is 1. The van der Waals surface area contributed by atoms with E-state index in [1.54, 1.807) is 0 Å². The molecule has 1 saturated heterocycles. The molecule has 7 nitrogen and oxygen atoms in total. The Bertz CT molecular complexity index is 894. The van der Waals surface area contributed by atoms with Gasteiger partial charge in [-0.2, -0.15) is 0 Å². The third-order valence-electron chi connectivity index (χ3n) is 4.63. The lowest BCUT2D eigenvalue weighted by molar-refractivity contribution is -0.134. The second-order valence-corrected chi connectivity index (χ2v) is 7.98. The van der Waals surface area contributed by atoms with Crippen LogP contribution in [0.25, 0.3) is 11.3 Å². The maximum absolute atomic E-state index is 12.6. The Kier molecular flexibility index (Phi) is 5.61. The summed E-state index contributed by atoms with van der Waals surface area (Å²) in [7, 11) is 0. The Morgan fingerprint density at radius 3 is 2.70 bits per heavy atom. The second-order valence-electron chi connectivity index (χ2n) is 6.21. The zero-order valence-electron chi connectivity index (χ0n) is 14.9. The number of amides is 4. The van der Waals surface area contributed by atoms with Gasteiger partial charge in [-0.25, -0.2) is 9.78 Å². The standard InChI is InChI=1S/C18H19BrN4O3S/c1-3-18(4-2)15(25)23(17(26)22-18)9-14(24)21-16-20-13(10-27-16)11-6-5-7-12(19)8-11/h5-8,10H,3-4,9H2,1-2H3,(H,22,26)(H,20,21,24). The highest BCUT2D eigenvalue weighted by Gasteiger charge is 2.49. The number of anilines is 1. The number of carbonyl (C=O) groups is 3. The predicted octanol–water partition coefficient (Wildman–Crippen LogP) is 3.62. The van der Waals surface area contributed by atoms with E-state index in [-0.39, 0.29) is 12.5 Å². The van der Waals surface area contributed by atoms with Gasteiger partial charge in [0, 0.05) is 15.4 Å². The molecule has 3 rings (SSSR count). The summed E-state index contributed by atoms with van der Waals surface area (Å²) in [5, 5.41) is 7.62. The van der Waals surface area contributed by atoms with Crippen molar-refractivity contribution in [3.8, 4) is 11.3 Å². The molecule has 9 heteroatoms. The molecule has 27 heavy (non-hydrogen) atoms. The van der Waals surface area contributed by atoms with Crippen LogP contribution in [0.3, 0.4) is 0 Å². The smallest absolute Gasteiger partial charge is 0.323 e. The molecule has 2 N–H and O–H groups in total. The van der Waals surface area contributed by atoms with Crippen molar-refractivity contribution in [3.05, 3.63) is 34.1 Å². The fourth-order valence-corrected chi connectivity index (χ4v) is 4.10. The van der Waals surface area contributed by atoms with Gasteiger partial charge < -0.3 is 10.6 Å². The topological polar surface area (TPSA) is 91.4 Å². The van der Waals surface area contributed by atoms with Crippen LogP contribution in [0.15, 0.2) is 34.1 Å². The number of aromatic nitrogens is 1. The van der Waals surface area contributed by atoms with E-state index in [0.717, 1.165) is 20.6 Å². The van der Waals surface area contributed by atoms with Crippen molar-refractivity contribution in [2.75, 3.05) is 11.9 Å². The van der Waals surface area contributed by atoms with E-state index in [0.29, 0.717) is 18.0 Å². The molecule has 0 spiro atoms. The summed E-state index contributed by atoms with van der Waals surface area (Å²) in [6.07, 6.45) is 0.962. The summed E-state index contributed by atoms with van der Waals surface area (Å²) >= 11 is 4.70. The molecule has 1 fully saturated rings. The fraction of sp³-hybridized carbons (Fsp3) is 0.333. The van der Waals surface area contributed by atoms with E-state index in [9.17, 15) is 14.4 Å². The minimum atomic E-state index is -0.910. The van der Waals surface area contributed by atoms with Gasteiger partial charge in [0.25, 0.3) is 5.91 Å². The first-order valence-corrected chi connectivity index (χ1v) is 10.2. The average molecular weight is 451 g/mol. The highest BCUT2D eigenvalue weighted by Crippen LogP contribution is 2.27. The van der Waals surface area contributed by atoms with Gasteiger partial charge in [0.2, 0.25) is 5.91 Å². The van der Waals surface area contributed by atoms with Gasteiger partial charge in [-0.15, -0.1) is 11.3 Å². The Labute approximate surface area is 169 Å². The number of urea groups is 1. The first-order chi connectivity index (χ1) is 12.9. The molecular weight excluding hydrogens is 432 g/mol. The number of benzene rings is 1. The van der Waals surface area contributed by atoms with Crippen LogP contribution in [-0.4, -0.2) is 39.8 Å². The van der Waals surface area contributed by atoms with E-state index in [2.05, 4.69) is 31.5 Å². The van der Waals surface area contributed by atoms with Crippen molar-refractivity contribution in [2.24, 2.45) is 0 Å². The molecule has 2 heterocycles. The molecule has 0 aliphatic carbocycles. The van der Waals surface area contributed by atoms with Crippen molar-refractivity contribution < 1.29 is 14.4 Å². The third kappa shape index (κ3) is 3.89. The summed E-state index contributed by atoms with van der Waals surface area (Å²) in [4.78, 5) is 42.4. The molecule has 0 atom stereocenters. The van der Waals surface area contributed by atoms with Crippen LogP contribution in [-0.2, 0) is 9.59 Å². The van der Waals surface area contributed by atoms with E-state index >= 15 is 0 Å². The molecule has 0 saturated carbocycles. The molecule has 2 aromatic rings. The SMILES string of the molecule is CCC1(CC)NC(=O)N(CC(=O)Nc2nc(-c3cccc(Br)c3)cs2)C1=O. The first-order valence-electron chi connectivity index (χ1n) is 8.54. The zero-order valence-corrected chi connectivity index (χ0v) is 17.3. The lowest BCUT2D eigenvalue weighted by Gasteiger charge is -2.22. The number of hydrogen-bond donors (Lipinski definition) is 2. The highest BCUT2D eigenvalue weighted by molar-refractivity contribution is 9.10. The maximum Gasteiger partial charge on any atom is 0.325 e. The molecule has 4 amide bonds. The monoisotopic (exact) mass is 450 g/mol. The van der Waals surface area contributed by atoms with Crippen LogP contribution in [0.4, 0.5) is 9.93 Å². The molecular formula is C18H19BrN4O3S. The highest BCUT2D eigenvalue weighted by atomic mass is 79.9. The summed E-state index contributed by atoms with van der Waals surface area (Å²) in [6, 6.07) is 7.15. The van der Waals surface area contributed by atoms with Crippen molar-refractivity contribution in [1.82, 2.24) is 15.2 Å². The molecule has 1 aliphatic heterocycles. The van der Waals surface area contributed by atoms with Gasteiger partial charge in [-0.3, -0.25) is 14.5 Å².